The van der Waals surface area contributed by atoms with E-state index in [1.165, 1.54) is 6.07 Å². The Bertz CT molecular complexity index is 1420. The van der Waals surface area contributed by atoms with Gasteiger partial charge in [-0.15, -0.1) is 0 Å². The monoisotopic (exact) mass is 511 g/mol. The third-order valence-corrected chi connectivity index (χ3v) is 5.79. The van der Waals surface area contributed by atoms with Crippen LogP contribution in [0.15, 0.2) is 73.1 Å². The molecule has 0 saturated heterocycles. The molecule has 2 aromatic heterocycles. The minimum Gasteiger partial charge on any atom is -0.438 e. The molecule has 184 valence electrons. The summed E-state index contributed by atoms with van der Waals surface area (Å²) in [6.45, 7) is 3.82. The predicted octanol–water partition coefficient (Wildman–Crippen LogP) is 7.73. The van der Waals surface area contributed by atoms with Crippen LogP contribution in [0.25, 0.3) is 11.1 Å². The number of benzene rings is 2. The van der Waals surface area contributed by atoms with Gasteiger partial charge in [0.2, 0.25) is 5.88 Å². The zero-order valence-corrected chi connectivity index (χ0v) is 20.1. The molecule has 0 saturated carbocycles. The summed E-state index contributed by atoms with van der Waals surface area (Å²) in [5, 5.41) is 2.44. The Morgan fingerprint density at radius 2 is 1.83 bits per heavy atom. The minimum absolute atomic E-state index is 0.0122. The molecule has 1 amide bonds. The number of carbonyl (C=O) groups excluding carboxylic acids is 1. The molecule has 0 fully saturated rings. The third-order valence-electron chi connectivity index (χ3n) is 5.46. The number of anilines is 1. The van der Waals surface area contributed by atoms with Crippen LogP contribution in [0, 0.1) is 6.92 Å². The highest BCUT2D eigenvalue weighted by Crippen LogP contribution is 2.35. The van der Waals surface area contributed by atoms with Crippen molar-refractivity contribution in [1.82, 2.24) is 9.97 Å². The number of nitrogens with zero attached hydrogens (tertiary/aromatic N) is 2. The number of nitrogens with one attached hydrogen (secondary N) is 1. The molecular formula is C27H21ClF3N3O2. The van der Waals surface area contributed by atoms with Crippen molar-refractivity contribution in [2.75, 3.05) is 5.32 Å². The number of aryl methyl sites for hydroxylation is 2. The van der Waals surface area contributed by atoms with E-state index in [1.807, 2.05) is 32.0 Å². The molecule has 2 heterocycles. The summed E-state index contributed by atoms with van der Waals surface area (Å²) in [4.78, 5) is 21.6. The maximum atomic E-state index is 13.1. The van der Waals surface area contributed by atoms with E-state index in [-0.39, 0.29) is 16.3 Å². The van der Waals surface area contributed by atoms with Crippen molar-refractivity contribution in [2.45, 2.75) is 26.4 Å². The van der Waals surface area contributed by atoms with Crippen molar-refractivity contribution < 1.29 is 22.7 Å². The fourth-order valence-electron chi connectivity index (χ4n) is 3.48. The Balaban J connectivity index is 1.62. The number of ether oxygens (including phenoxy) is 1. The van der Waals surface area contributed by atoms with Crippen LogP contribution in [0.3, 0.4) is 0 Å². The number of halogens is 4. The van der Waals surface area contributed by atoms with Crippen LogP contribution in [-0.2, 0) is 12.6 Å². The summed E-state index contributed by atoms with van der Waals surface area (Å²) in [5.41, 5.74) is 2.42. The van der Waals surface area contributed by atoms with E-state index in [2.05, 4.69) is 15.3 Å². The average molecular weight is 512 g/mol. The van der Waals surface area contributed by atoms with Gasteiger partial charge < -0.3 is 10.1 Å². The third kappa shape index (κ3) is 5.66. The second-order valence-electron chi connectivity index (χ2n) is 7.97. The van der Waals surface area contributed by atoms with E-state index in [0.29, 0.717) is 11.6 Å². The van der Waals surface area contributed by atoms with Crippen molar-refractivity contribution in [3.63, 3.8) is 0 Å². The number of hydrogen-bond acceptors (Lipinski definition) is 4. The van der Waals surface area contributed by atoms with Gasteiger partial charge in [0.25, 0.3) is 5.91 Å². The van der Waals surface area contributed by atoms with Gasteiger partial charge in [-0.1, -0.05) is 24.6 Å². The van der Waals surface area contributed by atoms with Crippen molar-refractivity contribution in [3.05, 3.63) is 100 Å². The summed E-state index contributed by atoms with van der Waals surface area (Å²) >= 11 is 6.02. The Kier molecular flexibility index (Phi) is 7.26. The molecule has 5 nitrogen and oxygen atoms in total. The van der Waals surface area contributed by atoms with E-state index in [1.54, 1.807) is 30.6 Å². The molecule has 0 aliphatic rings. The van der Waals surface area contributed by atoms with Gasteiger partial charge >= 0.3 is 6.18 Å². The highest BCUT2D eigenvalue weighted by Gasteiger charge is 2.31. The number of alkyl halides is 3. The van der Waals surface area contributed by atoms with Crippen molar-refractivity contribution in [1.29, 1.82) is 0 Å². The first-order chi connectivity index (χ1) is 17.2. The maximum absolute atomic E-state index is 13.1. The van der Waals surface area contributed by atoms with Crippen LogP contribution >= 0.6 is 11.6 Å². The molecule has 0 bridgehead atoms. The number of rotatable bonds is 6. The molecule has 0 aliphatic carbocycles. The van der Waals surface area contributed by atoms with Gasteiger partial charge in [0, 0.05) is 29.2 Å². The fraction of sp³-hybridized carbons (Fsp3) is 0.148. The van der Waals surface area contributed by atoms with Crippen molar-refractivity contribution in [2.24, 2.45) is 0 Å². The fourth-order valence-corrected chi connectivity index (χ4v) is 3.64. The second kappa shape index (κ2) is 10.4. The van der Waals surface area contributed by atoms with Crippen LogP contribution < -0.4 is 10.1 Å². The van der Waals surface area contributed by atoms with Gasteiger partial charge in [-0.2, -0.15) is 13.2 Å². The van der Waals surface area contributed by atoms with Crippen LogP contribution in [-0.4, -0.2) is 15.9 Å². The first-order valence-electron chi connectivity index (χ1n) is 11.0. The van der Waals surface area contributed by atoms with Gasteiger partial charge in [-0.3, -0.25) is 9.78 Å². The number of hydrogen-bond donors (Lipinski definition) is 1. The summed E-state index contributed by atoms with van der Waals surface area (Å²) in [6.07, 6.45) is -0.471. The topological polar surface area (TPSA) is 64.1 Å². The van der Waals surface area contributed by atoms with Crippen LogP contribution in [0.4, 0.5) is 18.9 Å². The van der Waals surface area contributed by atoms with Gasteiger partial charge in [0.15, 0.2) is 0 Å². The second-order valence-corrected chi connectivity index (χ2v) is 8.38. The highest BCUT2D eigenvalue weighted by molar-refractivity contribution is 6.34. The molecular weight excluding hydrogens is 491 g/mol. The lowest BCUT2D eigenvalue weighted by atomic mass is 10.1. The van der Waals surface area contributed by atoms with Crippen molar-refractivity contribution >= 4 is 23.2 Å². The Morgan fingerprint density at radius 1 is 1.03 bits per heavy atom. The molecule has 1 N–H and O–H groups in total. The lowest BCUT2D eigenvalue weighted by Crippen LogP contribution is -2.14. The largest absolute Gasteiger partial charge is 0.438 e. The molecule has 0 atom stereocenters. The molecule has 36 heavy (non-hydrogen) atoms. The van der Waals surface area contributed by atoms with Crippen molar-refractivity contribution in [3.8, 4) is 22.8 Å². The van der Waals surface area contributed by atoms with Crippen LogP contribution in [0.2, 0.25) is 5.02 Å². The highest BCUT2D eigenvalue weighted by atomic mass is 35.5. The van der Waals surface area contributed by atoms with Gasteiger partial charge in [-0.25, -0.2) is 4.98 Å². The first kappa shape index (κ1) is 25.2. The summed E-state index contributed by atoms with van der Waals surface area (Å²) in [5.74, 6) is 0.0823. The minimum atomic E-state index is -4.57. The number of carbonyl (C=O) groups is 1. The summed E-state index contributed by atoms with van der Waals surface area (Å²) in [6, 6.07) is 15.0. The smallest absolute Gasteiger partial charge is 0.416 e. The van der Waals surface area contributed by atoms with Gasteiger partial charge in [0.1, 0.15) is 5.75 Å². The Hall–Kier alpha value is -3.91. The SMILES string of the molecule is CCc1cc(-c2cccnc2Oc2cc(C(=O)Nc3cc(C(F)(F)F)ccc3Cl)ccc2C)ccn1. The molecule has 0 unspecified atom stereocenters. The summed E-state index contributed by atoms with van der Waals surface area (Å²) in [7, 11) is 0. The van der Waals surface area contributed by atoms with E-state index in [0.717, 1.165) is 47.0 Å². The lowest BCUT2D eigenvalue weighted by molar-refractivity contribution is -0.137. The number of pyridine rings is 2. The molecule has 2 aromatic carbocycles. The van der Waals surface area contributed by atoms with Gasteiger partial charge in [0.05, 0.1) is 16.3 Å². The molecule has 0 radical (unpaired) electrons. The molecule has 9 heteroatoms. The quantitative estimate of drug-likeness (QED) is 0.287. The maximum Gasteiger partial charge on any atom is 0.416 e. The van der Waals surface area contributed by atoms with E-state index >= 15 is 0 Å². The Morgan fingerprint density at radius 3 is 2.58 bits per heavy atom. The lowest BCUT2D eigenvalue weighted by Gasteiger charge is -2.14. The van der Waals surface area contributed by atoms with E-state index in [4.69, 9.17) is 16.3 Å². The van der Waals surface area contributed by atoms with E-state index in [9.17, 15) is 18.0 Å². The van der Waals surface area contributed by atoms with Crippen LogP contribution in [0.5, 0.6) is 11.6 Å². The zero-order chi connectivity index (χ0) is 25.9. The molecule has 4 aromatic rings. The zero-order valence-electron chi connectivity index (χ0n) is 19.4. The number of amides is 1. The Labute approximate surface area is 210 Å². The molecule has 4 rings (SSSR count). The van der Waals surface area contributed by atoms with E-state index < -0.39 is 17.6 Å². The normalized spacial score (nSPS) is 11.3. The predicted molar refractivity (Wildman–Crippen MR) is 133 cm³/mol. The standard InChI is InChI=1S/C27H21ClF3N3O2/c1-3-20-13-17(10-12-32-20)21-5-4-11-33-26(21)36-24-14-18(7-6-16(24)2)25(35)34-23-15-19(27(29,30)31)8-9-22(23)28/h4-15H,3H2,1-2H3,(H,34,35). The average Bonchev–Trinajstić information content (AvgIpc) is 2.86. The number of aromatic nitrogens is 2. The van der Waals surface area contributed by atoms with Crippen LogP contribution in [0.1, 0.15) is 34.1 Å². The summed E-state index contributed by atoms with van der Waals surface area (Å²) < 4.78 is 45.4. The first-order valence-corrected chi connectivity index (χ1v) is 11.4. The molecule has 0 spiro atoms. The van der Waals surface area contributed by atoms with Gasteiger partial charge in [-0.05, 0) is 79.1 Å². The molecule has 0 aliphatic heterocycles.